The Balaban J connectivity index is 2.56. The number of likely N-dealkylation sites (tertiary alicyclic amines) is 1. The van der Waals surface area contributed by atoms with Crippen LogP contribution in [-0.4, -0.2) is 24.4 Å². The van der Waals surface area contributed by atoms with Crippen molar-refractivity contribution >= 4 is 5.91 Å². The molecule has 1 atom stereocenters. The van der Waals surface area contributed by atoms with Gasteiger partial charge in [0.15, 0.2) is 0 Å². The molecule has 2 nitrogen and oxygen atoms in total. The van der Waals surface area contributed by atoms with Gasteiger partial charge in [-0.25, -0.2) is 0 Å². The molecule has 11 heavy (non-hydrogen) atoms. The second-order valence-corrected chi connectivity index (χ2v) is 3.36. The normalized spacial score (nSPS) is 26.9. The first-order valence-electron chi connectivity index (χ1n) is 4.50. The molecule has 64 valence electrons. The van der Waals surface area contributed by atoms with Crippen molar-refractivity contribution in [3.05, 3.63) is 0 Å². The van der Waals surface area contributed by atoms with Gasteiger partial charge in [0, 0.05) is 19.5 Å². The van der Waals surface area contributed by atoms with Gasteiger partial charge in [0.25, 0.3) is 0 Å². The minimum atomic E-state index is 0.308. The average molecular weight is 155 g/mol. The van der Waals surface area contributed by atoms with Gasteiger partial charge in [-0.1, -0.05) is 13.3 Å². The monoisotopic (exact) mass is 155 g/mol. The van der Waals surface area contributed by atoms with Crippen molar-refractivity contribution in [2.75, 3.05) is 13.6 Å². The summed E-state index contributed by atoms with van der Waals surface area (Å²) in [6.07, 6.45) is 4.50. The molecular weight excluding hydrogens is 138 g/mol. The molecule has 1 aliphatic heterocycles. The highest BCUT2D eigenvalue weighted by Gasteiger charge is 2.22. The molecule has 1 amide bonds. The highest BCUT2D eigenvalue weighted by molar-refractivity contribution is 5.78. The Hall–Kier alpha value is -0.530. The van der Waals surface area contributed by atoms with E-state index in [1.54, 1.807) is 0 Å². The van der Waals surface area contributed by atoms with Crippen LogP contribution < -0.4 is 0 Å². The first-order chi connectivity index (χ1) is 5.25. The number of carbonyl (C=O) groups is 1. The third kappa shape index (κ3) is 1.95. The van der Waals surface area contributed by atoms with Gasteiger partial charge in [0.2, 0.25) is 5.91 Å². The highest BCUT2D eigenvalue weighted by Crippen LogP contribution is 2.18. The van der Waals surface area contributed by atoms with E-state index < -0.39 is 0 Å². The number of hydrogen-bond acceptors (Lipinski definition) is 1. The molecule has 0 spiro atoms. The molecule has 0 aromatic carbocycles. The van der Waals surface area contributed by atoms with E-state index >= 15 is 0 Å². The first kappa shape index (κ1) is 8.57. The Morgan fingerprint density at radius 3 is 2.91 bits per heavy atom. The van der Waals surface area contributed by atoms with Gasteiger partial charge >= 0.3 is 0 Å². The standard InChI is InChI=1S/C9H17NO/c1-3-8-6-4-5-7-10(2)9(8)11/h8H,3-7H2,1-2H3/t8-/m1/s1. The molecule has 1 aliphatic rings. The third-order valence-corrected chi connectivity index (χ3v) is 2.51. The van der Waals surface area contributed by atoms with Gasteiger partial charge in [-0.3, -0.25) is 4.79 Å². The van der Waals surface area contributed by atoms with Crippen molar-refractivity contribution < 1.29 is 4.79 Å². The quantitative estimate of drug-likeness (QED) is 0.564. The van der Waals surface area contributed by atoms with Crippen LogP contribution in [-0.2, 0) is 4.79 Å². The van der Waals surface area contributed by atoms with Crippen molar-refractivity contribution in [1.82, 2.24) is 4.90 Å². The molecule has 0 aromatic heterocycles. The number of nitrogens with zero attached hydrogens (tertiary/aromatic N) is 1. The average Bonchev–Trinajstić information content (AvgIpc) is 2.16. The maximum absolute atomic E-state index is 11.5. The zero-order valence-corrected chi connectivity index (χ0v) is 7.47. The van der Waals surface area contributed by atoms with Crippen LogP contribution in [0.1, 0.15) is 32.6 Å². The van der Waals surface area contributed by atoms with Gasteiger partial charge in [0.1, 0.15) is 0 Å². The molecule has 0 unspecified atom stereocenters. The number of amides is 1. The molecule has 0 N–H and O–H groups in total. The molecule has 1 heterocycles. The lowest BCUT2D eigenvalue weighted by molar-refractivity contribution is -0.133. The Labute approximate surface area is 68.6 Å². The summed E-state index contributed by atoms with van der Waals surface area (Å²) in [5.41, 5.74) is 0. The zero-order valence-electron chi connectivity index (χ0n) is 7.47. The molecule has 1 rings (SSSR count). The van der Waals surface area contributed by atoms with E-state index in [0.717, 1.165) is 19.4 Å². The van der Waals surface area contributed by atoms with Gasteiger partial charge in [0.05, 0.1) is 0 Å². The molecule has 1 saturated heterocycles. The number of rotatable bonds is 1. The van der Waals surface area contributed by atoms with E-state index in [9.17, 15) is 4.79 Å². The van der Waals surface area contributed by atoms with Crippen molar-refractivity contribution in [1.29, 1.82) is 0 Å². The van der Waals surface area contributed by atoms with E-state index in [1.165, 1.54) is 12.8 Å². The van der Waals surface area contributed by atoms with E-state index in [0.29, 0.717) is 11.8 Å². The van der Waals surface area contributed by atoms with Crippen molar-refractivity contribution in [2.24, 2.45) is 5.92 Å². The van der Waals surface area contributed by atoms with Crippen LogP contribution in [0.25, 0.3) is 0 Å². The summed E-state index contributed by atoms with van der Waals surface area (Å²) in [6, 6.07) is 0. The Kier molecular flexibility index (Phi) is 2.92. The van der Waals surface area contributed by atoms with Crippen molar-refractivity contribution in [2.45, 2.75) is 32.6 Å². The lowest BCUT2D eigenvalue weighted by Crippen LogP contribution is -2.30. The molecule has 1 fully saturated rings. The van der Waals surface area contributed by atoms with Crippen LogP contribution in [0.2, 0.25) is 0 Å². The maximum atomic E-state index is 11.5. The summed E-state index contributed by atoms with van der Waals surface area (Å²) >= 11 is 0. The largest absolute Gasteiger partial charge is 0.346 e. The Morgan fingerprint density at radius 1 is 1.55 bits per heavy atom. The van der Waals surface area contributed by atoms with Crippen LogP contribution >= 0.6 is 0 Å². The number of carbonyl (C=O) groups excluding carboxylic acids is 1. The Bertz CT molecular complexity index is 144. The van der Waals surface area contributed by atoms with Crippen LogP contribution in [0.3, 0.4) is 0 Å². The topological polar surface area (TPSA) is 20.3 Å². The smallest absolute Gasteiger partial charge is 0.225 e. The van der Waals surface area contributed by atoms with E-state index in [1.807, 2.05) is 11.9 Å². The van der Waals surface area contributed by atoms with Crippen LogP contribution in [0.4, 0.5) is 0 Å². The SMILES string of the molecule is CC[C@@H]1CCCCN(C)C1=O. The fourth-order valence-electron chi connectivity index (χ4n) is 1.66. The van der Waals surface area contributed by atoms with Crippen LogP contribution in [0, 0.1) is 5.92 Å². The second kappa shape index (κ2) is 3.74. The summed E-state index contributed by atoms with van der Waals surface area (Å²) in [4.78, 5) is 13.4. The van der Waals surface area contributed by atoms with Gasteiger partial charge in [-0.2, -0.15) is 0 Å². The van der Waals surface area contributed by atoms with Crippen molar-refractivity contribution in [3.63, 3.8) is 0 Å². The molecular formula is C9H17NO. The van der Waals surface area contributed by atoms with Crippen LogP contribution in [0.5, 0.6) is 0 Å². The first-order valence-corrected chi connectivity index (χ1v) is 4.50. The van der Waals surface area contributed by atoms with Gasteiger partial charge in [-0.05, 0) is 19.3 Å². The fraction of sp³-hybridized carbons (Fsp3) is 0.889. The zero-order chi connectivity index (χ0) is 8.27. The lowest BCUT2D eigenvalue weighted by Gasteiger charge is -2.18. The van der Waals surface area contributed by atoms with E-state index in [2.05, 4.69) is 6.92 Å². The van der Waals surface area contributed by atoms with Gasteiger partial charge in [-0.15, -0.1) is 0 Å². The molecule has 0 aromatic rings. The van der Waals surface area contributed by atoms with Crippen molar-refractivity contribution in [3.8, 4) is 0 Å². The minimum absolute atomic E-state index is 0.308. The third-order valence-electron chi connectivity index (χ3n) is 2.51. The summed E-state index contributed by atoms with van der Waals surface area (Å²) < 4.78 is 0. The molecule has 0 aliphatic carbocycles. The summed E-state index contributed by atoms with van der Waals surface area (Å²) in [7, 11) is 1.91. The molecule has 2 heteroatoms. The molecule has 0 saturated carbocycles. The summed E-state index contributed by atoms with van der Waals surface area (Å²) in [6.45, 7) is 3.05. The lowest BCUT2D eigenvalue weighted by atomic mass is 10.00. The summed E-state index contributed by atoms with van der Waals surface area (Å²) in [5, 5.41) is 0. The number of hydrogen-bond donors (Lipinski definition) is 0. The maximum Gasteiger partial charge on any atom is 0.225 e. The fourth-order valence-corrected chi connectivity index (χ4v) is 1.66. The summed E-state index contributed by atoms with van der Waals surface area (Å²) in [5.74, 6) is 0.660. The predicted octanol–water partition coefficient (Wildman–Crippen LogP) is 1.65. The van der Waals surface area contributed by atoms with E-state index in [-0.39, 0.29) is 0 Å². The second-order valence-electron chi connectivity index (χ2n) is 3.36. The molecule has 0 bridgehead atoms. The van der Waals surface area contributed by atoms with Crippen LogP contribution in [0.15, 0.2) is 0 Å². The van der Waals surface area contributed by atoms with E-state index in [4.69, 9.17) is 0 Å². The minimum Gasteiger partial charge on any atom is -0.346 e. The predicted molar refractivity (Wildman–Crippen MR) is 45.3 cm³/mol. The Morgan fingerprint density at radius 2 is 2.27 bits per heavy atom. The highest BCUT2D eigenvalue weighted by atomic mass is 16.2. The van der Waals surface area contributed by atoms with Gasteiger partial charge < -0.3 is 4.90 Å². The molecule has 0 radical (unpaired) electrons.